The number of amides is 3. The normalized spacial score (nSPS) is 19.1. The zero-order valence-corrected chi connectivity index (χ0v) is 12.6. The van der Waals surface area contributed by atoms with Gasteiger partial charge in [-0.3, -0.25) is 4.79 Å². The summed E-state index contributed by atoms with van der Waals surface area (Å²) in [6.45, 7) is 2.61. The summed E-state index contributed by atoms with van der Waals surface area (Å²) >= 11 is 0. The Labute approximate surface area is 128 Å². The largest absolute Gasteiger partial charge is 0.383 e. The number of anilines is 1. The lowest BCUT2D eigenvalue weighted by atomic mass is 10.2. The van der Waals surface area contributed by atoms with E-state index in [4.69, 9.17) is 4.74 Å². The van der Waals surface area contributed by atoms with E-state index in [0.717, 1.165) is 0 Å². The number of nitrogens with zero attached hydrogens (tertiary/aromatic N) is 1. The van der Waals surface area contributed by atoms with Crippen molar-refractivity contribution in [3.05, 3.63) is 30.1 Å². The highest BCUT2D eigenvalue weighted by atomic mass is 19.1. The van der Waals surface area contributed by atoms with Crippen LogP contribution in [0.3, 0.4) is 0 Å². The standard InChI is InChI=1S/C15H20FN3O3/c1-10(9-22-2)17-15(21)18-12-7-14(20)19(8-12)13-5-3-11(16)4-6-13/h3-6,10,12H,7-9H2,1-2H3,(H2,17,18,21)/t10-,12-/m0/s1. The van der Waals surface area contributed by atoms with Gasteiger partial charge in [-0.25, -0.2) is 9.18 Å². The molecule has 3 amide bonds. The second kappa shape index (κ2) is 7.22. The van der Waals surface area contributed by atoms with Crippen molar-refractivity contribution >= 4 is 17.6 Å². The van der Waals surface area contributed by atoms with Crippen LogP contribution in [0.15, 0.2) is 24.3 Å². The SMILES string of the molecule is COC[C@H](C)NC(=O)N[C@H]1CC(=O)N(c2ccc(F)cc2)C1. The van der Waals surface area contributed by atoms with Crippen molar-refractivity contribution in [2.45, 2.75) is 25.4 Å². The third-order valence-corrected chi connectivity index (χ3v) is 3.39. The number of hydrogen-bond acceptors (Lipinski definition) is 3. The Hall–Kier alpha value is -2.15. The Morgan fingerprint density at radius 2 is 2.14 bits per heavy atom. The Morgan fingerprint density at radius 1 is 1.45 bits per heavy atom. The van der Waals surface area contributed by atoms with Crippen molar-refractivity contribution < 1.29 is 18.7 Å². The van der Waals surface area contributed by atoms with Gasteiger partial charge in [0.05, 0.1) is 18.7 Å². The second-order valence-electron chi connectivity index (χ2n) is 5.36. The predicted molar refractivity (Wildman–Crippen MR) is 80.2 cm³/mol. The summed E-state index contributed by atoms with van der Waals surface area (Å²) in [5.74, 6) is -0.446. The summed E-state index contributed by atoms with van der Waals surface area (Å²) in [4.78, 5) is 25.4. The fraction of sp³-hybridized carbons (Fsp3) is 0.467. The first-order valence-electron chi connectivity index (χ1n) is 7.11. The molecule has 1 aromatic rings. The lowest BCUT2D eigenvalue weighted by Crippen LogP contribution is -2.47. The van der Waals surface area contributed by atoms with Crippen LogP contribution >= 0.6 is 0 Å². The summed E-state index contributed by atoms with van der Waals surface area (Å²) in [6.07, 6.45) is 0.226. The molecule has 120 valence electrons. The summed E-state index contributed by atoms with van der Waals surface area (Å²) in [6, 6.07) is 5.00. The number of rotatable bonds is 5. The summed E-state index contributed by atoms with van der Waals surface area (Å²) in [5, 5.41) is 5.50. The predicted octanol–water partition coefficient (Wildman–Crippen LogP) is 1.27. The van der Waals surface area contributed by atoms with Crippen LogP contribution in [0, 0.1) is 5.82 Å². The number of ether oxygens (including phenoxy) is 1. The van der Waals surface area contributed by atoms with Gasteiger partial charge in [-0.15, -0.1) is 0 Å². The maximum absolute atomic E-state index is 12.9. The van der Waals surface area contributed by atoms with Crippen molar-refractivity contribution in [2.75, 3.05) is 25.2 Å². The average molecular weight is 309 g/mol. The monoisotopic (exact) mass is 309 g/mol. The van der Waals surface area contributed by atoms with E-state index in [0.29, 0.717) is 18.8 Å². The average Bonchev–Trinajstić information content (AvgIpc) is 2.80. The Kier molecular flexibility index (Phi) is 5.32. The molecule has 1 saturated heterocycles. The van der Waals surface area contributed by atoms with E-state index in [-0.39, 0.29) is 36.3 Å². The minimum atomic E-state index is -0.350. The topological polar surface area (TPSA) is 70.7 Å². The first-order valence-corrected chi connectivity index (χ1v) is 7.11. The molecule has 0 unspecified atom stereocenters. The molecule has 22 heavy (non-hydrogen) atoms. The van der Waals surface area contributed by atoms with E-state index >= 15 is 0 Å². The zero-order valence-electron chi connectivity index (χ0n) is 12.6. The van der Waals surface area contributed by atoms with Gasteiger partial charge >= 0.3 is 6.03 Å². The molecule has 1 heterocycles. The molecule has 0 spiro atoms. The Morgan fingerprint density at radius 3 is 2.77 bits per heavy atom. The van der Waals surface area contributed by atoms with E-state index in [2.05, 4.69) is 10.6 Å². The number of benzene rings is 1. The molecular weight excluding hydrogens is 289 g/mol. The molecule has 1 aliphatic heterocycles. The minimum absolute atomic E-state index is 0.0955. The maximum Gasteiger partial charge on any atom is 0.315 e. The number of urea groups is 1. The summed E-state index contributed by atoms with van der Waals surface area (Å²) in [7, 11) is 1.56. The highest BCUT2D eigenvalue weighted by molar-refractivity contribution is 5.96. The molecule has 6 nitrogen and oxygen atoms in total. The number of methoxy groups -OCH3 is 1. The van der Waals surface area contributed by atoms with Crippen LogP contribution in [0.1, 0.15) is 13.3 Å². The molecular formula is C15H20FN3O3. The van der Waals surface area contributed by atoms with Gasteiger partial charge < -0.3 is 20.3 Å². The molecule has 2 N–H and O–H groups in total. The summed E-state index contributed by atoms with van der Waals surface area (Å²) < 4.78 is 17.9. The molecule has 0 aliphatic carbocycles. The quantitative estimate of drug-likeness (QED) is 0.860. The van der Waals surface area contributed by atoms with Gasteiger partial charge in [0.15, 0.2) is 0 Å². The van der Waals surface area contributed by atoms with Crippen molar-refractivity contribution in [1.29, 1.82) is 0 Å². The van der Waals surface area contributed by atoms with Crippen molar-refractivity contribution in [3.8, 4) is 0 Å². The molecule has 2 atom stereocenters. The van der Waals surface area contributed by atoms with Crippen LogP contribution in [0.4, 0.5) is 14.9 Å². The first kappa shape index (κ1) is 16.2. The van der Waals surface area contributed by atoms with Gasteiger partial charge in [0.25, 0.3) is 0 Å². The third kappa shape index (κ3) is 4.17. The van der Waals surface area contributed by atoms with Crippen LogP contribution in [0.25, 0.3) is 0 Å². The number of hydrogen-bond donors (Lipinski definition) is 2. The number of halogens is 1. The number of nitrogens with one attached hydrogen (secondary N) is 2. The van der Waals surface area contributed by atoms with Crippen LogP contribution in [0.2, 0.25) is 0 Å². The molecule has 0 saturated carbocycles. The Bertz CT molecular complexity index is 535. The van der Waals surface area contributed by atoms with Gasteiger partial charge in [-0.1, -0.05) is 0 Å². The van der Waals surface area contributed by atoms with E-state index in [1.54, 1.807) is 24.1 Å². The second-order valence-corrected chi connectivity index (χ2v) is 5.36. The van der Waals surface area contributed by atoms with E-state index < -0.39 is 0 Å². The minimum Gasteiger partial charge on any atom is -0.383 e. The third-order valence-electron chi connectivity index (χ3n) is 3.39. The zero-order chi connectivity index (χ0) is 16.1. The lowest BCUT2D eigenvalue weighted by molar-refractivity contribution is -0.117. The fourth-order valence-electron chi connectivity index (χ4n) is 2.42. The Balaban J connectivity index is 1.89. The molecule has 1 aromatic carbocycles. The van der Waals surface area contributed by atoms with Crippen molar-refractivity contribution in [3.63, 3.8) is 0 Å². The fourth-order valence-corrected chi connectivity index (χ4v) is 2.42. The highest BCUT2D eigenvalue weighted by Crippen LogP contribution is 2.21. The maximum atomic E-state index is 12.9. The van der Waals surface area contributed by atoms with Gasteiger partial charge in [0.1, 0.15) is 5.82 Å². The van der Waals surface area contributed by atoms with Crippen molar-refractivity contribution in [1.82, 2.24) is 10.6 Å². The van der Waals surface area contributed by atoms with Crippen molar-refractivity contribution in [2.24, 2.45) is 0 Å². The molecule has 2 rings (SSSR count). The lowest BCUT2D eigenvalue weighted by Gasteiger charge is -2.18. The molecule has 1 fully saturated rings. The molecule has 0 bridgehead atoms. The molecule has 1 aliphatic rings. The smallest absolute Gasteiger partial charge is 0.315 e. The van der Waals surface area contributed by atoms with Crippen LogP contribution in [-0.4, -0.2) is 44.3 Å². The van der Waals surface area contributed by atoms with Gasteiger partial charge in [-0.2, -0.15) is 0 Å². The highest BCUT2D eigenvalue weighted by Gasteiger charge is 2.31. The number of carbonyl (C=O) groups is 2. The van der Waals surface area contributed by atoms with Gasteiger partial charge in [-0.05, 0) is 31.2 Å². The van der Waals surface area contributed by atoms with Gasteiger partial charge in [0, 0.05) is 25.8 Å². The molecule has 0 aromatic heterocycles. The molecule has 0 radical (unpaired) electrons. The number of carbonyl (C=O) groups excluding carboxylic acids is 2. The summed E-state index contributed by atoms with van der Waals surface area (Å²) in [5.41, 5.74) is 0.629. The molecule has 7 heteroatoms. The van der Waals surface area contributed by atoms with E-state index in [9.17, 15) is 14.0 Å². The van der Waals surface area contributed by atoms with Crippen LogP contribution in [0.5, 0.6) is 0 Å². The van der Waals surface area contributed by atoms with Crippen LogP contribution < -0.4 is 15.5 Å². The van der Waals surface area contributed by atoms with E-state index in [1.165, 1.54) is 12.1 Å². The van der Waals surface area contributed by atoms with Gasteiger partial charge in [0.2, 0.25) is 5.91 Å². The van der Waals surface area contributed by atoms with E-state index in [1.807, 2.05) is 6.92 Å². The van der Waals surface area contributed by atoms with Crippen LogP contribution in [-0.2, 0) is 9.53 Å². The first-order chi connectivity index (χ1) is 10.5.